The summed E-state index contributed by atoms with van der Waals surface area (Å²) in [7, 11) is -3.30. The fraction of sp³-hybridized carbons (Fsp3) is 0.900. The first kappa shape index (κ1) is 14.0. The van der Waals surface area contributed by atoms with Gasteiger partial charge in [-0.05, 0) is 19.3 Å². The first-order valence-electron chi connectivity index (χ1n) is 5.34. The number of nitrogens with zero attached hydrogens (tertiary/aromatic N) is 1. The molecule has 0 N–H and O–H groups in total. The Morgan fingerprint density at radius 1 is 1.56 bits per heavy atom. The van der Waals surface area contributed by atoms with Gasteiger partial charge < -0.3 is 4.90 Å². The highest BCUT2D eigenvalue weighted by Crippen LogP contribution is 2.26. The molecule has 1 heterocycles. The number of likely N-dealkylation sites (tertiary alicyclic amines) is 1. The van der Waals surface area contributed by atoms with E-state index >= 15 is 0 Å². The van der Waals surface area contributed by atoms with Crippen molar-refractivity contribution in [3.05, 3.63) is 0 Å². The Labute approximate surface area is 105 Å². The van der Waals surface area contributed by atoms with Gasteiger partial charge in [0.15, 0.2) is 9.84 Å². The van der Waals surface area contributed by atoms with Crippen LogP contribution in [0.1, 0.15) is 20.3 Å². The molecule has 4 nitrogen and oxygen atoms in total. The average molecular weight is 312 g/mol. The Morgan fingerprint density at radius 3 is 2.56 bits per heavy atom. The smallest absolute Gasteiger partial charge is 0.240 e. The predicted octanol–water partition coefficient (Wildman–Crippen LogP) is 1.05. The molecule has 1 saturated heterocycles. The van der Waals surface area contributed by atoms with Crippen molar-refractivity contribution in [2.24, 2.45) is 5.92 Å². The number of hydrogen-bond acceptors (Lipinski definition) is 3. The lowest BCUT2D eigenvalue weighted by molar-refractivity contribution is -0.131. The highest BCUT2D eigenvalue weighted by molar-refractivity contribution is 9.09. The number of hydrogen-bond donors (Lipinski definition) is 0. The second kappa shape index (κ2) is 5.04. The topological polar surface area (TPSA) is 54.5 Å². The highest BCUT2D eigenvalue weighted by Gasteiger charge is 2.37. The summed E-state index contributed by atoms with van der Waals surface area (Å²) in [6.07, 6.45) is 2.05. The van der Waals surface area contributed by atoms with Crippen molar-refractivity contribution in [3.8, 4) is 0 Å². The summed E-state index contributed by atoms with van der Waals surface area (Å²) in [5.41, 5.74) is 0. The molecule has 0 aromatic heterocycles. The molecule has 3 atom stereocenters. The van der Waals surface area contributed by atoms with Crippen LogP contribution in [0.25, 0.3) is 0 Å². The molecular weight excluding hydrogens is 294 g/mol. The van der Waals surface area contributed by atoms with Crippen LogP contribution in [0.3, 0.4) is 0 Å². The maximum Gasteiger partial charge on any atom is 0.240 e. The van der Waals surface area contributed by atoms with Crippen LogP contribution >= 0.6 is 15.9 Å². The zero-order valence-electron chi connectivity index (χ0n) is 9.81. The largest absolute Gasteiger partial charge is 0.337 e. The second-order valence-corrected chi connectivity index (χ2v) is 7.50. The van der Waals surface area contributed by atoms with Gasteiger partial charge in [0.25, 0.3) is 0 Å². The molecule has 1 aliphatic heterocycles. The normalized spacial score (nSPS) is 28.1. The number of halogens is 1. The van der Waals surface area contributed by atoms with Gasteiger partial charge in [0.05, 0.1) is 0 Å². The van der Waals surface area contributed by atoms with Gasteiger partial charge in [0.1, 0.15) is 5.25 Å². The van der Waals surface area contributed by atoms with E-state index in [-0.39, 0.29) is 11.9 Å². The second-order valence-electron chi connectivity index (χ2n) is 4.49. The van der Waals surface area contributed by atoms with E-state index in [1.807, 2.05) is 0 Å². The SMILES string of the molecule is CC1CCN(C(=O)C(C)S(C)(=O)=O)C1CBr. The Hall–Kier alpha value is -0.100. The number of amides is 1. The van der Waals surface area contributed by atoms with Crippen molar-refractivity contribution in [1.29, 1.82) is 0 Å². The first-order valence-corrected chi connectivity index (χ1v) is 8.42. The maximum absolute atomic E-state index is 12.0. The predicted molar refractivity (Wildman–Crippen MR) is 67.4 cm³/mol. The summed E-state index contributed by atoms with van der Waals surface area (Å²) in [6.45, 7) is 4.21. The standard InChI is InChI=1S/C10H18BrNO3S/c1-7-4-5-12(9(7)6-11)10(13)8(2)16(3,14)15/h7-9H,4-6H2,1-3H3. The van der Waals surface area contributed by atoms with Crippen LogP contribution in [0.2, 0.25) is 0 Å². The number of alkyl halides is 1. The number of sulfone groups is 1. The van der Waals surface area contributed by atoms with Crippen molar-refractivity contribution < 1.29 is 13.2 Å². The molecule has 94 valence electrons. The lowest BCUT2D eigenvalue weighted by Gasteiger charge is -2.27. The van der Waals surface area contributed by atoms with Gasteiger partial charge in [-0.25, -0.2) is 8.42 Å². The lowest BCUT2D eigenvalue weighted by Crippen LogP contribution is -2.45. The minimum absolute atomic E-state index is 0.122. The summed E-state index contributed by atoms with van der Waals surface area (Å²) in [4.78, 5) is 13.7. The van der Waals surface area contributed by atoms with E-state index in [0.717, 1.165) is 12.7 Å². The Bertz CT molecular complexity index is 368. The molecule has 1 amide bonds. The van der Waals surface area contributed by atoms with Crippen LogP contribution in [-0.2, 0) is 14.6 Å². The fourth-order valence-corrected chi connectivity index (χ4v) is 3.42. The molecule has 16 heavy (non-hydrogen) atoms. The van der Waals surface area contributed by atoms with E-state index < -0.39 is 15.1 Å². The molecule has 0 aromatic rings. The van der Waals surface area contributed by atoms with Crippen molar-refractivity contribution >= 4 is 31.7 Å². The summed E-state index contributed by atoms with van der Waals surface area (Å²) < 4.78 is 22.7. The van der Waals surface area contributed by atoms with Gasteiger partial charge in [0, 0.05) is 24.2 Å². The van der Waals surface area contributed by atoms with Crippen LogP contribution < -0.4 is 0 Å². The summed E-state index contributed by atoms with van der Waals surface area (Å²) >= 11 is 3.38. The third-order valence-corrected chi connectivity index (χ3v) is 5.46. The van der Waals surface area contributed by atoms with Crippen LogP contribution in [0.5, 0.6) is 0 Å². The zero-order chi connectivity index (χ0) is 12.5. The molecular formula is C10H18BrNO3S. The Morgan fingerprint density at radius 2 is 2.12 bits per heavy atom. The number of carbonyl (C=O) groups is 1. The van der Waals surface area contributed by atoms with Crippen LogP contribution in [0.15, 0.2) is 0 Å². The quantitative estimate of drug-likeness (QED) is 0.732. The van der Waals surface area contributed by atoms with Crippen LogP contribution in [0.4, 0.5) is 0 Å². The fourth-order valence-electron chi connectivity index (χ4n) is 1.93. The Balaban J connectivity index is 2.83. The molecule has 0 aromatic carbocycles. The number of carbonyl (C=O) groups excluding carboxylic acids is 1. The summed E-state index contributed by atoms with van der Waals surface area (Å²) in [6, 6.07) is 0.122. The van der Waals surface area contributed by atoms with E-state index in [0.29, 0.717) is 17.8 Å². The molecule has 6 heteroatoms. The number of rotatable bonds is 3. The molecule has 0 saturated carbocycles. The molecule has 1 rings (SSSR count). The van der Waals surface area contributed by atoms with Crippen molar-refractivity contribution in [1.82, 2.24) is 4.90 Å². The van der Waals surface area contributed by atoms with E-state index in [1.54, 1.807) is 4.90 Å². The summed E-state index contributed by atoms with van der Waals surface area (Å²) in [5, 5.41) is -0.226. The van der Waals surface area contributed by atoms with E-state index in [1.165, 1.54) is 6.92 Å². The van der Waals surface area contributed by atoms with Crippen molar-refractivity contribution in [3.63, 3.8) is 0 Å². The summed E-state index contributed by atoms with van der Waals surface area (Å²) in [5.74, 6) is 0.159. The molecule has 1 fully saturated rings. The molecule has 0 aliphatic carbocycles. The molecule has 1 aliphatic rings. The van der Waals surface area contributed by atoms with Gasteiger partial charge in [-0.3, -0.25) is 4.79 Å². The minimum Gasteiger partial charge on any atom is -0.337 e. The monoisotopic (exact) mass is 311 g/mol. The van der Waals surface area contributed by atoms with Crippen LogP contribution in [-0.4, -0.2) is 48.6 Å². The van der Waals surface area contributed by atoms with Gasteiger partial charge in [-0.1, -0.05) is 22.9 Å². The maximum atomic E-state index is 12.0. The average Bonchev–Trinajstić information content (AvgIpc) is 2.55. The minimum atomic E-state index is -3.30. The third-order valence-electron chi connectivity index (χ3n) is 3.31. The molecule has 3 unspecified atom stereocenters. The van der Waals surface area contributed by atoms with Gasteiger partial charge in [-0.15, -0.1) is 0 Å². The van der Waals surface area contributed by atoms with Crippen LogP contribution in [0, 0.1) is 5.92 Å². The van der Waals surface area contributed by atoms with E-state index in [4.69, 9.17) is 0 Å². The Kier molecular flexibility index (Phi) is 4.40. The van der Waals surface area contributed by atoms with Gasteiger partial charge in [-0.2, -0.15) is 0 Å². The zero-order valence-corrected chi connectivity index (χ0v) is 12.2. The first-order chi connectivity index (χ1) is 7.29. The molecule has 0 bridgehead atoms. The van der Waals surface area contributed by atoms with E-state index in [9.17, 15) is 13.2 Å². The third kappa shape index (κ3) is 2.77. The van der Waals surface area contributed by atoms with Gasteiger partial charge in [0.2, 0.25) is 5.91 Å². The van der Waals surface area contributed by atoms with Crippen molar-refractivity contribution in [2.75, 3.05) is 18.1 Å². The van der Waals surface area contributed by atoms with Gasteiger partial charge >= 0.3 is 0 Å². The van der Waals surface area contributed by atoms with Crippen molar-refractivity contribution in [2.45, 2.75) is 31.6 Å². The molecule has 0 spiro atoms. The van der Waals surface area contributed by atoms with E-state index in [2.05, 4.69) is 22.9 Å². The molecule has 0 radical (unpaired) electrons. The lowest BCUT2D eigenvalue weighted by atomic mass is 10.1. The highest BCUT2D eigenvalue weighted by atomic mass is 79.9.